The molecule has 0 bridgehead atoms. The van der Waals surface area contributed by atoms with E-state index >= 15 is 0 Å². The van der Waals surface area contributed by atoms with E-state index in [2.05, 4.69) is 15.9 Å². The third kappa shape index (κ3) is 7.36. The van der Waals surface area contributed by atoms with Gasteiger partial charge in [-0.3, -0.25) is 28.5 Å². The van der Waals surface area contributed by atoms with E-state index in [0.29, 0.717) is 21.1 Å². The molecule has 0 N–H and O–H groups in total. The first kappa shape index (κ1) is 31.2. The predicted molar refractivity (Wildman–Crippen MR) is 153 cm³/mol. The Morgan fingerprint density at radius 2 is 1.50 bits per heavy atom. The molecule has 12 nitrogen and oxygen atoms in total. The molecule has 0 amide bonds. The molecule has 0 unspecified atom stereocenters. The van der Waals surface area contributed by atoms with E-state index in [4.69, 9.17) is 28.7 Å². The molecule has 4 rings (SSSR count). The maximum atomic E-state index is 13.8. The van der Waals surface area contributed by atoms with Crippen molar-refractivity contribution >= 4 is 62.5 Å². The number of halogens is 1. The van der Waals surface area contributed by atoms with Crippen LogP contribution in [0.25, 0.3) is 16.6 Å². The number of fused-ring (bicyclic) bond motifs is 1. The summed E-state index contributed by atoms with van der Waals surface area (Å²) in [6.45, 7) is 4.26. The Hall–Kier alpha value is -3.75. The third-order valence-corrected chi connectivity index (χ3v) is 7.57. The fraction of sp³-hybridized carbons (Fsp3) is 0.357. The summed E-state index contributed by atoms with van der Waals surface area (Å²) < 4.78 is 30.0. The molecule has 1 fully saturated rings. The molecule has 0 saturated carbocycles. The molecule has 1 saturated heterocycles. The van der Waals surface area contributed by atoms with E-state index in [1.165, 1.54) is 11.5 Å². The first-order valence-electron chi connectivity index (χ1n) is 12.7. The van der Waals surface area contributed by atoms with Gasteiger partial charge in [0, 0.05) is 32.2 Å². The Labute approximate surface area is 252 Å². The molecule has 14 heteroatoms. The smallest absolute Gasteiger partial charge is 0.303 e. The van der Waals surface area contributed by atoms with Crippen LogP contribution in [0.1, 0.15) is 27.7 Å². The molecule has 42 heavy (non-hydrogen) atoms. The number of hydrogen-bond acceptors (Lipinski definition) is 12. The lowest BCUT2D eigenvalue weighted by Crippen LogP contribution is -2.61. The second kappa shape index (κ2) is 13.5. The van der Waals surface area contributed by atoms with Gasteiger partial charge in [-0.2, -0.15) is 0 Å². The molecule has 2 heterocycles. The van der Waals surface area contributed by atoms with Gasteiger partial charge in [-0.05, 0) is 30.3 Å². The van der Waals surface area contributed by atoms with Gasteiger partial charge in [-0.1, -0.05) is 45.9 Å². The highest BCUT2D eigenvalue weighted by molar-refractivity contribution is 9.10. The first-order valence-corrected chi connectivity index (χ1v) is 14.4. The summed E-state index contributed by atoms with van der Waals surface area (Å²) in [5.74, 6) is -2.85. The second-order valence-corrected chi connectivity index (χ2v) is 11.2. The summed E-state index contributed by atoms with van der Waals surface area (Å²) in [7, 11) is 0. The van der Waals surface area contributed by atoms with Crippen molar-refractivity contribution in [2.45, 2.75) is 62.7 Å². The average Bonchev–Trinajstić information content (AvgIpc) is 2.91. The second-order valence-electron chi connectivity index (χ2n) is 9.22. The zero-order valence-corrected chi connectivity index (χ0v) is 25.4. The number of para-hydroxylation sites is 1. The van der Waals surface area contributed by atoms with Crippen LogP contribution in [-0.4, -0.2) is 69.9 Å². The predicted octanol–water partition coefficient (Wildman–Crippen LogP) is 3.32. The Bertz CT molecular complexity index is 1560. The molecule has 1 aliphatic rings. The van der Waals surface area contributed by atoms with E-state index < -0.39 is 53.7 Å². The number of rotatable bonds is 8. The van der Waals surface area contributed by atoms with Crippen molar-refractivity contribution < 1.29 is 42.9 Å². The summed E-state index contributed by atoms with van der Waals surface area (Å²) >= 11 is 4.32. The van der Waals surface area contributed by atoms with Gasteiger partial charge in [-0.25, -0.2) is 4.98 Å². The van der Waals surface area contributed by atoms with Crippen LogP contribution in [-0.2, 0) is 42.9 Å². The fourth-order valence-electron chi connectivity index (χ4n) is 4.41. The average molecular weight is 663 g/mol. The molecule has 2 aromatic carbocycles. The van der Waals surface area contributed by atoms with Crippen LogP contribution in [0, 0.1) is 0 Å². The van der Waals surface area contributed by atoms with Gasteiger partial charge in [0.25, 0.3) is 5.56 Å². The lowest BCUT2D eigenvalue weighted by molar-refractivity contribution is -0.237. The lowest BCUT2D eigenvalue weighted by atomic mass is 9.99. The number of carbonyl (C=O) groups excluding carboxylic acids is 4. The normalized spacial score (nSPS) is 21.8. The Morgan fingerprint density at radius 3 is 2.12 bits per heavy atom. The molecule has 0 spiro atoms. The standard InChI is InChI=1S/C28H27BrN2O10S/c1-14(32)37-13-22-23(38-15(2)33)24(39-16(3)34)25(40-17(4)35)27(41-22)42-28-30-21-11-10-18(29)12-20(21)26(36)31(28)19-8-6-5-7-9-19/h5-12,22-25,27H,13H2,1-4H3/t22-,23+,24+,25-,27+/m1/s1. The molecule has 0 radical (unpaired) electrons. The first-order chi connectivity index (χ1) is 19.9. The van der Waals surface area contributed by atoms with Crippen LogP contribution in [0.2, 0.25) is 0 Å². The van der Waals surface area contributed by atoms with Crippen LogP contribution in [0.5, 0.6) is 0 Å². The molecular formula is C28H27BrN2O10S. The van der Waals surface area contributed by atoms with Gasteiger partial charge in [0.05, 0.1) is 16.6 Å². The number of ether oxygens (including phenoxy) is 5. The number of esters is 4. The van der Waals surface area contributed by atoms with Gasteiger partial charge in [0.15, 0.2) is 28.9 Å². The largest absolute Gasteiger partial charge is 0.463 e. The van der Waals surface area contributed by atoms with Crippen molar-refractivity contribution in [3.8, 4) is 5.69 Å². The number of hydrogen-bond donors (Lipinski definition) is 0. The Morgan fingerprint density at radius 1 is 0.881 bits per heavy atom. The molecule has 1 aromatic heterocycles. The highest BCUT2D eigenvalue weighted by Gasteiger charge is 2.52. The van der Waals surface area contributed by atoms with Crippen molar-refractivity contribution in [3.63, 3.8) is 0 Å². The Kier molecular flexibility index (Phi) is 10.0. The molecule has 0 aliphatic carbocycles. The molecule has 222 valence electrons. The minimum absolute atomic E-state index is 0.168. The quantitative estimate of drug-likeness (QED) is 0.198. The van der Waals surface area contributed by atoms with Crippen molar-refractivity contribution in [2.24, 2.45) is 0 Å². The summed E-state index contributed by atoms with van der Waals surface area (Å²) in [5.41, 5.74) is -0.644. The number of nitrogens with zero attached hydrogens (tertiary/aromatic N) is 2. The van der Waals surface area contributed by atoms with Crippen molar-refractivity contribution in [3.05, 3.63) is 63.4 Å². The third-order valence-electron chi connectivity index (χ3n) is 5.98. The SMILES string of the molecule is CC(=O)OC[C@H]1O[C@@H](Sc2nc3ccc(Br)cc3c(=O)n2-c2ccccc2)[C@H](OC(C)=O)[C@@H](OC(C)=O)[C@H]1OC(C)=O. The zero-order chi connectivity index (χ0) is 30.6. The Balaban J connectivity index is 1.87. The molecule has 5 atom stereocenters. The number of thioether (sulfide) groups is 1. The topological polar surface area (TPSA) is 149 Å². The molecule has 1 aliphatic heterocycles. The maximum Gasteiger partial charge on any atom is 0.303 e. The van der Waals surface area contributed by atoms with Crippen LogP contribution >= 0.6 is 27.7 Å². The number of aromatic nitrogens is 2. The maximum absolute atomic E-state index is 13.8. The van der Waals surface area contributed by atoms with E-state index in [9.17, 15) is 24.0 Å². The van der Waals surface area contributed by atoms with Crippen molar-refractivity contribution in [1.82, 2.24) is 9.55 Å². The lowest BCUT2D eigenvalue weighted by Gasteiger charge is -2.44. The summed E-state index contributed by atoms with van der Waals surface area (Å²) in [4.78, 5) is 66.6. The minimum atomic E-state index is -1.35. The molecule has 3 aromatic rings. The van der Waals surface area contributed by atoms with Crippen LogP contribution in [0.4, 0.5) is 0 Å². The van der Waals surface area contributed by atoms with Gasteiger partial charge >= 0.3 is 23.9 Å². The van der Waals surface area contributed by atoms with Crippen LogP contribution in [0.15, 0.2) is 63.0 Å². The van der Waals surface area contributed by atoms with E-state index in [1.54, 1.807) is 48.5 Å². The number of benzene rings is 2. The van der Waals surface area contributed by atoms with Gasteiger partial charge in [-0.15, -0.1) is 0 Å². The highest BCUT2D eigenvalue weighted by Crippen LogP contribution is 2.38. The highest BCUT2D eigenvalue weighted by atomic mass is 79.9. The van der Waals surface area contributed by atoms with Crippen LogP contribution in [0.3, 0.4) is 0 Å². The van der Waals surface area contributed by atoms with Gasteiger partial charge < -0.3 is 23.7 Å². The van der Waals surface area contributed by atoms with E-state index in [1.807, 2.05) is 0 Å². The molecular weight excluding hydrogens is 636 g/mol. The summed E-state index contributed by atoms with van der Waals surface area (Å²) in [5, 5.41) is 0.515. The summed E-state index contributed by atoms with van der Waals surface area (Å²) in [6, 6.07) is 13.8. The fourth-order valence-corrected chi connectivity index (χ4v) is 5.97. The van der Waals surface area contributed by atoms with E-state index in [-0.39, 0.29) is 17.3 Å². The van der Waals surface area contributed by atoms with Gasteiger partial charge in [0.2, 0.25) is 0 Å². The monoisotopic (exact) mass is 662 g/mol. The van der Waals surface area contributed by atoms with Crippen molar-refractivity contribution in [2.75, 3.05) is 6.61 Å². The van der Waals surface area contributed by atoms with Gasteiger partial charge in [0.1, 0.15) is 12.7 Å². The number of carbonyl (C=O) groups is 4. The summed E-state index contributed by atoms with van der Waals surface area (Å²) in [6.07, 6.45) is -5.11. The van der Waals surface area contributed by atoms with E-state index in [0.717, 1.165) is 32.5 Å². The van der Waals surface area contributed by atoms with Crippen molar-refractivity contribution in [1.29, 1.82) is 0 Å². The zero-order valence-electron chi connectivity index (χ0n) is 23.0. The minimum Gasteiger partial charge on any atom is -0.463 e. The van der Waals surface area contributed by atoms with Crippen LogP contribution < -0.4 is 5.56 Å².